The summed E-state index contributed by atoms with van der Waals surface area (Å²) in [6, 6.07) is 13.6. The van der Waals surface area contributed by atoms with Crippen LogP contribution in [0.4, 0.5) is 16.3 Å². The number of amides is 1. The van der Waals surface area contributed by atoms with Gasteiger partial charge in [-0.2, -0.15) is 0 Å². The molecule has 10 heteroatoms. The Morgan fingerprint density at radius 3 is 2.55 bits per heavy atom. The Morgan fingerprint density at radius 2 is 1.87 bits per heavy atom. The van der Waals surface area contributed by atoms with Crippen LogP contribution >= 0.6 is 0 Å². The van der Waals surface area contributed by atoms with Gasteiger partial charge in [0.1, 0.15) is 28.1 Å². The molecule has 0 saturated carbocycles. The molecule has 5 rings (SSSR count). The second-order valence-electron chi connectivity index (χ2n) is 10.4. The first-order valence-corrected chi connectivity index (χ1v) is 12.4. The van der Waals surface area contributed by atoms with Crippen molar-refractivity contribution >= 4 is 39.7 Å². The lowest BCUT2D eigenvalue weighted by Gasteiger charge is -2.41. The number of ether oxygens (including phenoxy) is 2. The van der Waals surface area contributed by atoms with Crippen LogP contribution in [0, 0.1) is 0 Å². The van der Waals surface area contributed by atoms with Crippen LogP contribution in [0.25, 0.3) is 22.1 Å². The lowest BCUT2D eigenvalue weighted by Crippen LogP contribution is -2.55. The fourth-order valence-corrected chi connectivity index (χ4v) is 4.52. The zero-order valence-corrected chi connectivity index (χ0v) is 21.7. The number of hydrogen-bond acceptors (Lipinski definition) is 9. The predicted octanol–water partition coefficient (Wildman–Crippen LogP) is 4.87. The number of aromatic nitrogens is 1. The number of aromatic hydroxyl groups is 1. The molecule has 1 saturated heterocycles. The molecule has 2 aromatic carbocycles. The van der Waals surface area contributed by atoms with Gasteiger partial charge < -0.3 is 34.5 Å². The highest BCUT2D eigenvalue weighted by Crippen LogP contribution is 2.32. The minimum Gasteiger partial charge on any atom is -0.507 e. The Morgan fingerprint density at radius 1 is 1.13 bits per heavy atom. The average Bonchev–Trinajstić information content (AvgIpc) is 2.84. The molecule has 1 fully saturated rings. The van der Waals surface area contributed by atoms with E-state index in [2.05, 4.69) is 9.88 Å². The minimum absolute atomic E-state index is 0.00866. The number of benzene rings is 2. The monoisotopic (exact) mass is 518 g/mol. The molecular formula is C28H30N4O6. The Bertz CT molecular complexity index is 1580. The van der Waals surface area contributed by atoms with Gasteiger partial charge in [0.15, 0.2) is 22.7 Å². The molecule has 4 aromatic rings. The fourth-order valence-electron chi connectivity index (χ4n) is 4.52. The van der Waals surface area contributed by atoms with E-state index in [1.54, 1.807) is 17.0 Å². The van der Waals surface area contributed by atoms with Crippen molar-refractivity contribution in [2.45, 2.75) is 39.3 Å². The molecule has 10 nitrogen and oxygen atoms in total. The number of pyridine rings is 1. The lowest BCUT2D eigenvalue weighted by molar-refractivity contribution is 0.0159. The Hall–Kier alpha value is -4.47. The van der Waals surface area contributed by atoms with Crippen molar-refractivity contribution in [2.75, 3.05) is 30.3 Å². The summed E-state index contributed by atoms with van der Waals surface area (Å²) in [7, 11) is 0. The van der Waals surface area contributed by atoms with Gasteiger partial charge in [0, 0.05) is 37.4 Å². The normalized spacial score (nSPS) is 16.2. The number of phenolic OH excluding ortho intramolecular Hbond substituents is 1. The van der Waals surface area contributed by atoms with Gasteiger partial charge in [-0.1, -0.05) is 6.07 Å². The van der Waals surface area contributed by atoms with Crippen molar-refractivity contribution in [3.05, 3.63) is 58.8 Å². The molecule has 1 amide bonds. The van der Waals surface area contributed by atoms with E-state index in [0.717, 1.165) is 5.69 Å². The van der Waals surface area contributed by atoms with E-state index in [-0.39, 0.29) is 51.5 Å². The number of hydrogen-bond donors (Lipinski definition) is 2. The largest absolute Gasteiger partial charge is 0.507 e. The number of piperazine rings is 1. The maximum absolute atomic E-state index is 12.8. The standard InChI is InChI=1S/C28H30N4O6/c1-16-15-31(12-13-32(16)27(35)38-28(2,3)4)17-8-10-18(11-9-17)36-22-14-21-24(30-26(22)29)25(34)23-19(33)6-5-7-20(23)37-21/h5-11,14,16,33H,12-13,15H2,1-4H3,(H2,29,30)/t16-/m0/s1. The maximum atomic E-state index is 12.8. The van der Waals surface area contributed by atoms with Crippen molar-refractivity contribution in [3.8, 4) is 17.2 Å². The Labute approximate surface area is 219 Å². The van der Waals surface area contributed by atoms with Crippen LogP contribution < -0.4 is 20.8 Å². The topological polar surface area (TPSA) is 131 Å². The summed E-state index contributed by atoms with van der Waals surface area (Å²) in [6.45, 7) is 9.50. The van der Waals surface area contributed by atoms with Crippen LogP contribution in [0.3, 0.4) is 0 Å². The molecule has 0 bridgehead atoms. The van der Waals surface area contributed by atoms with Crippen molar-refractivity contribution in [2.24, 2.45) is 0 Å². The zero-order chi connectivity index (χ0) is 27.2. The SMILES string of the molecule is C[C@H]1CN(c2ccc(Oc3cc4oc5cccc(O)c5c(=O)c4nc3N)cc2)CCN1C(=O)OC(C)(C)C. The molecule has 1 aliphatic heterocycles. The summed E-state index contributed by atoms with van der Waals surface area (Å²) in [5.41, 5.74) is 6.54. The number of phenols is 1. The molecule has 1 atom stereocenters. The van der Waals surface area contributed by atoms with Gasteiger partial charge in [-0.15, -0.1) is 0 Å². The maximum Gasteiger partial charge on any atom is 0.410 e. The number of anilines is 2. The molecule has 3 heterocycles. The first-order chi connectivity index (χ1) is 18.0. The van der Waals surface area contributed by atoms with Crippen LogP contribution in [0.1, 0.15) is 27.7 Å². The molecular weight excluding hydrogens is 488 g/mol. The molecule has 0 spiro atoms. The Balaban J connectivity index is 1.32. The third kappa shape index (κ3) is 4.89. The van der Waals surface area contributed by atoms with Crippen molar-refractivity contribution in [1.82, 2.24) is 9.88 Å². The van der Waals surface area contributed by atoms with Gasteiger partial charge in [0.2, 0.25) is 5.43 Å². The van der Waals surface area contributed by atoms with Crippen molar-refractivity contribution < 1.29 is 23.8 Å². The van der Waals surface area contributed by atoms with E-state index in [4.69, 9.17) is 19.6 Å². The van der Waals surface area contributed by atoms with E-state index in [9.17, 15) is 14.7 Å². The van der Waals surface area contributed by atoms with Gasteiger partial charge in [0.25, 0.3) is 0 Å². The van der Waals surface area contributed by atoms with E-state index in [1.165, 1.54) is 12.1 Å². The number of carbonyl (C=O) groups is 1. The highest BCUT2D eigenvalue weighted by molar-refractivity contribution is 5.92. The van der Waals surface area contributed by atoms with Crippen LogP contribution in [0.2, 0.25) is 0 Å². The van der Waals surface area contributed by atoms with Gasteiger partial charge in [-0.05, 0) is 64.1 Å². The highest BCUT2D eigenvalue weighted by atomic mass is 16.6. The lowest BCUT2D eigenvalue weighted by atomic mass is 10.1. The molecule has 0 radical (unpaired) electrons. The van der Waals surface area contributed by atoms with Gasteiger partial charge in [-0.3, -0.25) is 4.79 Å². The smallest absolute Gasteiger partial charge is 0.410 e. The second-order valence-corrected chi connectivity index (χ2v) is 10.4. The number of nitrogens with two attached hydrogens (primary N) is 1. The summed E-state index contributed by atoms with van der Waals surface area (Å²) >= 11 is 0. The van der Waals surface area contributed by atoms with Crippen LogP contribution in [0.5, 0.6) is 17.2 Å². The van der Waals surface area contributed by atoms with E-state index >= 15 is 0 Å². The van der Waals surface area contributed by atoms with E-state index < -0.39 is 11.0 Å². The second kappa shape index (κ2) is 9.44. The zero-order valence-electron chi connectivity index (χ0n) is 21.7. The third-order valence-electron chi connectivity index (χ3n) is 6.33. The first kappa shape index (κ1) is 25.2. The highest BCUT2D eigenvalue weighted by Gasteiger charge is 2.31. The van der Waals surface area contributed by atoms with E-state index in [0.29, 0.717) is 25.4 Å². The summed E-state index contributed by atoms with van der Waals surface area (Å²) in [5.74, 6) is 0.616. The van der Waals surface area contributed by atoms with Gasteiger partial charge >= 0.3 is 6.09 Å². The summed E-state index contributed by atoms with van der Waals surface area (Å²) < 4.78 is 17.3. The number of nitrogens with zero attached hydrogens (tertiary/aromatic N) is 3. The predicted molar refractivity (Wildman–Crippen MR) is 145 cm³/mol. The quantitative estimate of drug-likeness (QED) is 0.365. The van der Waals surface area contributed by atoms with Gasteiger partial charge in [0.05, 0.1) is 0 Å². The third-order valence-corrected chi connectivity index (χ3v) is 6.33. The number of nitrogen functional groups attached to an aromatic ring is 1. The van der Waals surface area contributed by atoms with Gasteiger partial charge in [-0.25, -0.2) is 9.78 Å². The average molecular weight is 519 g/mol. The Kier molecular flexibility index (Phi) is 6.26. The number of fused-ring (bicyclic) bond motifs is 2. The van der Waals surface area contributed by atoms with E-state index in [1.807, 2.05) is 52.0 Å². The molecule has 1 aliphatic rings. The van der Waals surface area contributed by atoms with Crippen LogP contribution in [-0.4, -0.2) is 52.4 Å². The van der Waals surface area contributed by atoms with Crippen LogP contribution in [-0.2, 0) is 4.74 Å². The molecule has 0 aliphatic carbocycles. The summed E-state index contributed by atoms with van der Waals surface area (Å²) in [4.78, 5) is 33.5. The molecule has 0 unspecified atom stereocenters. The minimum atomic E-state index is -0.532. The van der Waals surface area contributed by atoms with Crippen molar-refractivity contribution in [1.29, 1.82) is 0 Å². The molecule has 3 N–H and O–H groups in total. The molecule has 198 valence electrons. The summed E-state index contributed by atoms with van der Waals surface area (Å²) in [5, 5.41) is 10.1. The number of rotatable bonds is 3. The summed E-state index contributed by atoms with van der Waals surface area (Å²) in [6.07, 6.45) is -0.296. The molecule has 38 heavy (non-hydrogen) atoms. The van der Waals surface area contributed by atoms with Crippen LogP contribution in [0.15, 0.2) is 57.7 Å². The first-order valence-electron chi connectivity index (χ1n) is 12.4. The number of carbonyl (C=O) groups excluding carboxylic acids is 1. The fraction of sp³-hybridized carbons (Fsp3) is 0.321. The van der Waals surface area contributed by atoms with Crippen molar-refractivity contribution in [3.63, 3.8) is 0 Å². The molecule has 2 aromatic heterocycles.